The molecule has 0 heterocycles. The van der Waals surface area contributed by atoms with Crippen LogP contribution in [-0.4, -0.2) is 24.3 Å². The van der Waals surface area contributed by atoms with Gasteiger partial charge in [-0.1, -0.05) is 19.1 Å². The van der Waals surface area contributed by atoms with Crippen molar-refractivity contribution in [2.45, 2.75) is 46.0 Å². The molecule has 0 aliphatic rings. The largest absolute Gasteiger partial charge is 0.466 e. The summed E-state index contributed by atoms with van der Waals surface area (Å²) in [4.78, 5) is 11.0. The van der Waals surface area contributed by atoms with Gasteiger partial charge in [0.25, 0.3) is 0 Å². The van der Waals surface area contributed by atoms with Gasteiger partial charge in [0.05, 0.1) is 6.61 Å². The molecule has 94 valence electrons. The molecule has 0 saturated heterocycles. The van der Waals surface area contributed by atoms with Crippen molar-refractivity contribution in [2.24, 2.45) is 5.92 Å². The Labute approximate surface area is 98.5 Å². The van der Waals surface area contributed by atoms with Crippen molar-refractivity contribution in [3.63, 3.8) is 0 Å². The van der Waals surface area contributed by atoms with Gasteiger partial charge >= 0.3 is 5.97 Å². The van der Waals surface area contributed by atoms with Gasteiger partial charge in [0.15, 0.2) is 0 Å². The number of carbonyl (C=O) groups excluding carboxylic acids is 1. The molecule has 16 heavy (non-hydrogen) atoms. The maximum Gasteiger partial charge on any atom is 0.305 e. The summed E-state index contributed by atoms with van der Waals surface area (Å²) in [5.41, 5.74) is 0. The molecule has 3 nitrogen and oxygen atoms in total. The number of unbranched alkanes of at least 4 members (excludes halogenated alkanes) is 1. The van der Waals surface area contributed by atoms with Crippen molar-refractivity contribution >= 4 is 5.97 Å². The van der Waals surface area contributed by atoms with Gasteiger partial charge in [0.1, 0.15) is 0 Å². The Balaban J connectivity index is 3.42. The Morgan fingerprint density at radius 3 is 2.81 bits per heavy atom. The predicted molar refractivity (Wildman–Crippen MR) is 65.1 cm³/mol. The zero-order valence-corrected chi connectivity index (χ0v) is 10.4. The highest BCUT2D eigenvalue weighted by Gasteiger charge is 1.99. The van der Waals surface area contributed by atoms with E-state index in [0.29, 0.717) is 18.9 Å². The fourth-order valence-electron chi connectivity index (χ4n) is 1.44. The van der Waals surface area contributed by atoms with Crippen molar-refractivity contribution in [2.75, 3.05) is 13.2 Å². The average molecular weight is 228 g/mol. The van der Waals surface area contributed by atoms with Gasteiger partial charge in [-0.25, -0.2) is 0 Å². The third-order valence-corrected chi connectivity index (χ3v) is 2.34. The number of allylic oxidation sites excluding steroid dienone is 2. The first-order valence-electron chi connectivity index (χ1n) is 6.13. The number of carbonyl (C=O) groups is 1. The van der Waals surface area contributed by atoms with Crippen LogP contribution >= 0.6 is 0 Å². The first-order valence-corrected chi connectivity index (χ1v) is 6.13. The van der Waals surface area contributed by atoms with Crippen molar-refractivity contribution in [3.05, 3.63) is 12.2 Å². The molecule has 0 aromatic carbocycles. The minimum Gasteiger partial charge on any atom is -0.466 e. The van der Waals surface area contributed by atoms with Crippen LogP contribution in [0.25, 0.3) is 0 Å². The number of aliphatic hydroxyl groups is 1. The highest BCUT2D eigenvalue weighted by Crippen LogP contribution is 2.08. The van der Waals surface area contributed by atoms with Crippen LogP contribution in [0.4, 0.5) is 0 Å². The molecule has 0 unspecified atom stereocenters. The van der Waals surface area contributed by atoms with E-state index in [1.165, 1.54) is 0 Å². The van der Waals surface area contributed by atoms with Gasteiger partial charge in [0.2, 0.25) is 0 Å². The Kier molecular flexibility index (Phi) is 10.1. The lowest BCUT2D eigenvalue weighted by Gasteiger charge is -2.03. The normalized spacial score (nSPS) is 12.9. The van der Waals surface area contributed by atoms with E-state index in [4.69, 9.17) is 9.84 Å². The third-order valence-electron chi connectivity index (χ3n) is 2.34. The first-order chi connectivity index (χ1) is 7.70. The summed E-state index contributed by atoms with van der Waals surface area (Å²) in [6.45, 7) is 4.69. The highest BCUT2D eigenvalue weighted by atomic mass is 16.5. The molecule has 0 aromatic heterocycles. The van der Waals surface area contributed by atoms with Gasteiger partial charge in [0, 0.05) is 13.0 Å². The summed E-state index contributed by atoms with van der Waals surface area (Å²) in [6, 6.07) is 0. The summed E-state index contributed by atoms with van der Waals surface area (Å²) in [7, 11) is 0. The predicted octanol–water partition coefficient (Wildman–Crippen LogP) is 2.68. The van der Waals surface area contributed by atoms with Crippen LogP contribution in [0.3, 0.4) is 0 Å². The van der Waals surface area contributed by atoms with E-state index in [0.717, 1.165) is 25.7 Å². The standard InChI is InChI=1S/C13H24O3/c1-3-16-13(15)10-6-4-5-8-12(2)9-7-11-14/h5,8,12,14H,3-4,6-7,9-11H2,1-2H3/b8-5-/t12-/m0/s1. The fourth-order valence-corrected chi connectivity index (χ4v) is 1.44. The third kappa shape index (κ3) is 9.71. The molecule has 0 rings (SSSR count). The van der Waals surface area contributed by atoms with E-state index in [1.54, 1.807) is 0 Å². The van der Waals surface area contributed by atoms with Crippen LogP contribution in [0.5, 0.6) is 0 Å². The number of esters is 1. The Morgan fingerprint density at radius 2 is 2.19 bits per heavy atom. The maximum atomic E-state index is 11.0. The Morgan fingerprint density at radius 1 is 1.44 bits per heavy atom. The molecule has 0 aliphatic heterocycles. The summed E-state index contributed by atoms with van der Waals surface area (Å²) >= 11 is 0. The van der Waals surface area contributed by atoms with E-state index < -0.39 is 0 Å². The van der Waals surface area contributed by atoms with Gasteiger partial charge < -0.3 is 9.84 Å². The second kappa shape index (κ2) is 10.7. The molecule has 0 bridgehead atoms. The first kappa shape index (κ1) is 15.2. The second-order valence-corrected chi connectivity index (χ2v) is 3.97. The van der Waals surface area contributed by atoms with E-state index in [9.17, 15) is 4.79 Å². The molecule has 0 aromatic rings. The molecule has 0 amide bonds. The second-order valence-electron chi connectivity index (χ2n) is 3.97. The number of rotatable bonds is 9. The molecule has 1 atom stereocenters. The van der Waals surface area contributed by atoms with Crippen LogP contribution < -0.4 is 0 Å². The zero-order valence-electron chi connectivity index (χ0n) is 10.4. The summed E-state index contributed by atoms with van der Waals surface area (Å²) in [5, 5.41) is 8.66. The lowest BCUT2D eigenvalue weighted by molar-refractivity contribution is -0.143. The molecule has 0 aliphatic carbocycles. The SMILES string of the molecule is CCOC(=O)CCC/C=C\[C@H](C)CCCO. The molecule has 0 spiro atoms. The van der Waals surface area contributed by atoms with Gasteiger partial charge in [-0.3, -0.25) is 4.79 Å². The van der Waals surface area contributed by atoms with Crippen LogP contribution in [0.15, 0.2) is 12.2 Å². The van der Waals surface area contributed by atoms with Crippen molar-refractivity contribution in [1.29, 1.82) is 0 Å². The molecular weight excluding hydrogens is 204 g/mol. The molecule has 0 saturated carbocycles. The zero-order chi connectivity index (χ0) is 12.2. The number of ether oxygens (including phenoxy) is 1. The van der Waals surface area contributed by atoms with E-state index in [2.05, 4.69) is 19.1 Å². The lowest BCUT2D eigenvalue weighted by Crippen LogP contribution is -2.02. The van der Waals surface area contributed by atoms with Crippen molar-refractivity contribution in [3.8, 4) is 0 Å². The van der Waals surface area contributed by atoms with Crippen LogP contribution in [0.2, 0.25) is 0 Å². The highest BCUT2D eigenvalue weighted by molar-refractivity contribution is 5.69. The van der Waals surface area contributed by atoms with Gasteiger partial charge in [-0.15, -0.1) is 0 Å². The fraction of sp³-hybridized carbons (Fsp3) is 0.769. The minimum absolute atomic E-state index is 0.107. The lowest BCUT2D eigenvalue weighted by atomic mass is 10.0. The quantitative estimate of drug-likeness (QED) is 0.375. The number of hydrogen-bond donors (Lipinski definition) is 1. The van der Waals surface area contributed by atoms with E-state index >= 15 is 0 Å². The number of hydrogen-bond acceptors (Lipinski definition) is 3. The monoisotopic (exact) mass is 228 g/mol. The average Bonchev–Trinajstić information content (AvgIpc) is 2.26. The number of aliphatic hydroxyl groups excluding tert-OH is 1. The van der Waals surface area contributed by atoms with Crippen LogP contribution in [0.1, 0.15) is 46.0 Å². The van der Waals surface area contributed by atoms with Crippen molar-refractivity contribution < 1.29 is 14.6 Å². The topological polar surface area (TPSA) is 46.5 Å². The van der Waals surface area contributed by atoms with Crippen molar-refractivity contribution in [1.82, 2.24) is 0 Å². The maximum absolute atomic E-state index is 11.0. The molecule has 3 heteroatoms. The van der Waals surface area contributed by atoms with Crippen LogP contribution in [0, 0.1) is 5.92 Å². The van der Waals surface area contributed by atoms with Gasteiger partial charge in [-0.05, 0) is 38.5 Å². The molecule has 0 radical (unpaired) electrons. The Bertz CT molecular complexity index is 199. The smallest absolute Gasteiger partial charge is 0.305 e. The molecule has 0 fully saturated rings. The summed E-state index contributed by atoms with van der Waals surface area (Å²) in [6.07, 6.45) is 8.41. The minimum atomic E-state index is -0.107. The summed E-state index contributed by atoms with van der Waals surface area (Å²) in [5.74, 6) is 0.402. The Hall–Kier alpha value is -0.830. The van der Waals surface area contributed by atoms with Gasteiger partial charge in [-0.2, -0.15) is 0 Å². The van der Waals surface area contributed by atoms with Crippen LogP contribution in [-0.2, 0) is 9.53 Å². The molecular formula is C13H24O3. The summed E-state index contributed by atoms with van der Waals surface area (Å²) < 4.78 is 4.83. The molecule has 1 N–H and O–H groups in total. The van der Waals surface area contributed by atoms with E-state index in [1.807, 2.05) is 6.92 Å². The van der Waals surface area contributed by atoms with E-state index in [-0.39, 0.29) is 12.6 Å².